The summed E-state index contributed by atoms with van der Waals surface area (Å²) in [5.41, 5.74) is -0.681. The largest absolute Gasteiger partial charge is 0.375 e. The van der Waals surface area contributed by atoms with Crippen LogP contribution in [0.3, 0.4) is 0 Å². The van der Waals surface area contributed by atoms with E-state index in [0.29, 0.717) is 0 Å². The van der Waals surface area contributed by atoms with E-state index in [1.165, 1.54) is 0 Å². The van der Waals surface area contributed by atoms with Crippen molar-refractivity contribution in [3.05, 3.63) is 0 Å². The van der Waals surface area contributed by atoms with Crippen molar-refractivity contribution >= 4 is 0 Å². The summed E-state index contributed by atoms with van der Waals surface area (Å²) in [5.74, 6) is 0. The minimum absolute atomic E-state index is 0.681. The maximum atomic E-state index is 10.5. The molecule has 2 heterocycles. The highest BCUT2D eigenvalue weighted by Crippen LogP contribution is 2.14. The van der Waals surface area contributed by atoms with Gasteiger partial charge in [-0.2, -0.15) is 0 Å². The molecule has 0 saturated carbocycles. The Morgan fingerprint density at radius 1 is 1.00 bits per heavy atom. The molecular formula is C11H24N4O. The number of hydrogen-bond acceptors (Lipinski definition) is 5. The Kier molecular flexibility index (Phi) is 4.16. The van der Waals surface area contributed by atoms with Crippen LogP contribution in [0.2, 0.25) is 0 Å². The molecule has 0 bridgehead atoms. The maximum Gasteiger partial charge on any atom is 0.128 e. The molecule has 94 valence electrons. The second-order valence-electron chi connectivity index (χ2n) is 4.98. The van der Waals surface area contributed by atoms with Crippen molar-refractivity contribution in [3.63, 3.8) is 0 Å². The SMILES string of the molecule is CC(O)(CN1CCNCC1)N1CCNCC1. The summed E-state index contributed by atoms with van der Waals surface area (Å²) in [4.78, 5) is 4.53. The van der Waals surface area contributed by atoms with Gasteiger partial charge in [-0.3, -0.25) is 9.80 Å². The van der Waals surface area contributed by atoms with Crippen LogP contribution >= 0.6 is 0 Å². The highest BCUT2D eigenvalue weighted by atomic mass is 16.3. The van der Waals surface area contributed by atoms with Gasteiger partial charge < -0.3 is 15.7 Å². The second-order valence-corrected chi connectivity index (χ2v) is 4.98. The number of hydrogen-bond donors (Lipinski definition) is 3. The normalized spacial score (nSPS) is 28.9. The van der Waals surface area contributed by atoms with Gasteiger partial charge in [-0.1, -0.05) is 0 Å². The third-order valence-electron chi connectivity index (χ3n) is 3.53. The van der Waals surface area contributed by atoms with Crippen molar-refractivity contribution < 1.29 is 5.11 Å². The summed E-state index contributed by atoms with van der Waals surface area (Å²) < 4.78 is 0. The first-order valence-corrected chi connectivity index (χ1v) is 6.30. The van der Waals surface area contributed by atoms with E-state index < -0.39 is 5.72 Å². The zero-order valence-corrected chi connectivity index (χ0v) is 10.2. The molecule has 3 N–H and O–H groups in total. The molecule has 2 rings (SSSR count). The van der Waals surface area contributed by atoms with Gasteiger partial charge in [-0.05, 0) is 6.92 Å². The maximum absolute atomic E-state index is 10.5. The van der Waals surface area contributed by atoms with Crippen molar-refractivity contribution in [2.75, 3.05) is 58.9 Å². The highest BCUT2D eigenvalue weighted by Gasteiger charge is 2.32. The van der Waals surface area contributed by atoms with Crippen LogP contribution in [0, 0.1) is 0 Å². The van der Waals surface area contributed by atoms with Crippen LogP contribution in [0.1, 0.15) is 6.92 Å². The molecular weight excluding hydrogens is 204 g/mol. The molecule has 0 spiro atoms. The van der Waals surface area contributed by atoms with Crippen LogP contribution in [-0.4, -0.2) is 79.5 Å². The standard InChI is InChI=1S/C11H24N4O/c1-11(16,15-8-4-13-5-9-15)10-14-6-2-12-3-7-14/h12-13,16H,2-10H2,1H3. The Balaban J connectivity index is 1.84. The van der Waals surface area contributed by atoms with Gasteiger partial charge in [0.05, 0.1) is 0 Å². The average molecular weight is 228 g/mol. The second kappa shape index (κ2) is 5.42. The molecule has 1 unspecified atom stereocenters. The molecule has 2 aliphatic heterocycles. The third-order valence-corrected chi connectivity index (χ3v) is 3.53. The third kappa shape index (κ3) is 3.15. The molecule has 5 nitrogen and oxygen atoms in total. The summed E-state index contributed by atoms with van der Waals surface area (Å²) in [5, 5.41) is 17.2. The monoisotopic (exact) mass is 228 g/mol. The lowest BCUT2D eigenvalue weighted by molar-refractivity contribution is -0.116. The Hall–Kier alpha value is -0.200. The van der Waals surface area contributed by atoms with E-state index in [1.54, 1.807) is 0 Å². The highest BCUT2D eigenvalue weighted by molar-refractivity contribution is 4.83. The summed E-state index contributed by atoms with van der Waals surface area (Å²) in [6.07, 6.45) is 0. The van der Waals surface area contributed by atoms with Gasteiger partial charge in [-0.25, -0.2) is 0 Å². The average Bonchev–Trinajstić information content (AvgIpc) is 2.31. The molecule has 1 atom stereocenters. The van der Waals surface area contributed by atoms with Crippen molar-refractivity contribution in [1.29, 1.82) is 0 Å². The predicted octanol–water partition coefficient (Wildman–Crippen LogP) is -1.49. The number of aliphatic hydroxyl groups is 1. The van der Waals surface area contributed by atoms with Crippen LogP contribution in [0.15, 0.2) is 0 Å². The number of piperazine rings is 2. The smallest absolute Gasteiger partial charge is 0.128 e. The van der Waals surface area contributed by atoms with Crippen molar-refractivity contribution in [3.8, 4) is 0 Å². The number of nitrogens with zero attached hydrogens (tertiary/aromatic N) is 2. The molecule has 2 fully saturated rings. The molecule has 0 aromatic carbocycles. The van der Waals surface area contributed by atoms with Crippen molar-refractivity contribution in [1.82, 2.24) is 20.4 Å². The lowest BCUT2D eigenvalue weighted by Crippen LogP contribution is -2.60. The minimum atomic E-state index is -0.681. The zero-order valence-electron chi connectivity index (χ0n) is 10.2. The van der Waals surface area contributed by atoms with E-state index in [-0.39, 0.29) is 0 Å². The topological polar surface area (TPSA) is 50.8 Å². The number of β-amino-alcohol motifs (C(OH)–C–C–N with tert-alkyl or cyclic N) is 1. The predicted molar refractivity (Wildman–Crippen MR) is 64.4 cm³/mol. The number of rotatable bonds is 3. The molecule has 0 amide bonds. The molecule has 0 aromatic rings. The van der Waals surface area contributed by atoms with Gasteiger partial charge in [0.15, 0.2) is 0 Å². The van der Waals surface area contributed by atoms with Gasteiger partial charge in [0.2, 0.25) is 0 Å². The van der Waals surface area contributed by atoms with Crippen LogP contribution in [0.5, 0.6) is 0 Å². The minimum Gasteiger partial charge on any atom is -0.375 e. The van der Waals surface area contributed by atoms with E-state index in [0.717, 1.165) is 58.9 Å². The molecule has 0 aromatic heterocycles. The summed E-state index contributed by atoms with van der Waals surface area (Å²) >= 11 is 0. The fourth-order valence-electron chi connectivity index (χ4n) is 2.54. The van der Waals surface area contributed by atoms with Gasteiger partial charge in [-0.15, -0.1) is 0 Å². The first kappa shape index (κ1) is 12.3. The van der Waals surface area contributed by atoms with Gasteiger partial charge in [0, 0.05) is 58.9 Å². The Labute approximate surface area is 97.8 Å². The summed E-state index contributed by atoms with van der Waals surface area (Å²) in [7, 11) is 0. The molecule has 16 heavy (non-hydrogen) atoms. The Morgan fingerprint density at radius 2 is 1.50 bits per heavy atom. The van der Waals surface area contributed by atoms with Gasteiger partial charge in [0.1, 0.15) is 5.72 Å². The fourth-order valence-corrected chi connectivity index (χ4v) is 2.54. The molecule has 0 aliphatic carbocycles. The summed E-state index contributed by atoms with van der Waals surface area (Å²) in [6, 6.07) is 0. The first-order chi connectivity index (χ1) is 7.68. The summed E-state index contributed by atoms with van der Waals surface area (Å²) in [6.45, 7) is 10.7. The van der Waals surface area contributed by atoms with E-state index in [9.17, 15) is 5.11 Å². The van der Waals surface area contributed by atoms with E-state index in [2.05, 4.69) is 20.4 Å². The Bertz CT molecular complexity index is 210. The lowest BCUT2D eigenvalue weighted by atomic mass is 10.1. The van der Waals surface area contributed by atoms with E-state index >= 15 is 0 Å². The van der Waals surface area contributed by atoms with Crippen LogP contribution in [0.25, 0.3) is 0 Å². The van der Waals surface area contributed by atoms with E-state index in [4.69, 9.17) is 0 Å². The Morgan fingerprint density at radius 3 is 2.06 bits per heavy atom. The van der Waals surface area contributed by atoms with Crippen molar-refractivity contribution in [2.24, 2.45) is 0 Å². The lowest BCUT2D eigenvalue weighted by Gasteiger charge is -2.43. The fraction of sp³-hybridized carbons (Fsp3) is 1.00. The van der Waals surface area contributed by atoms with Crippen LogP contribution in [0.4, 0.5) is 0 Å². The molecule has 0 radical (unpaired) electrons. The van der Waals surface area contributed by atoms with Gasteiger partial charge >= 0.3 is 0 Å². The van der Waals surface area contributed by atoms with Crippen LogP contribution in [-0.2, 0) is 0 Å². The first-order valence-electron chi connectivity index (χ1n) is 6.30. The molecule has 5 heteroatoms. The molecule has 2 aliphatic rings. The number of nitrogens with one attached hydrogen (secondary N) is 2. The molecule has 2 saturated heterocycles. The zero-order chi connectivity index (χ0) is 11.4. The van der Waals surface area contributed by atoms with Gasteiger partial charge in [0.25, 0.3) is 0 Å². The quantitative estimate of drug-likeness (QED) is 0.549. The van der Waals surface area contributed by atoms with E-state index in [1.807, 2.05) is 6.92 Å². The van der Waals surface area contributed by atoms with Crippen LogP contribution < -0.4 is 10.6 Å². The van der Waals surface area contributed by atoms with Crippen molar-refractivity contribution in [2.45, 2.75) is 12.6 Å².